The zero-order chi connectivity index (χ0) is 13.8. The maximum atomic E-state index is 12.2. The summed E-state index contributed by atoms with van der Waals surface area (Å²) in [5.41, 5.74) is 0.668. The first kappa shape index (κ1) is 13.9. The molecule has 0 fully saturated rings. The Hall–Kier alpha value is -1.56. The second kappa shape index (κ2) is 6.06. The Bertz CT molecular complexity index is 547. The van der Waals surface area contributed by atoms with Crippen LogP contribution in [0.3, 0.4) is 0 Å². The van der Waals surface area contributed by atoms with Gasteiger partial charge in [0.15, 0.2) is 0 Å². The van der Waals surface area contributed by atoms with E-state index in [0.29, 0.717) is 12.2 Å². The van der Waals surface area contributed by atoms with Crippen LogP contribution in [0.25, 0.3) is 0 Å². The summed E-state index contributed by atoms with van der Waals surface area (Å²) < 4.78 is 4.64. The van der Waals surface area contributed by atoms with Crippen LogP contribution in [-0.4, -0.2) is 26.3 Å². The molecule has 6 heteroatoms. The van der Waals surface area contributed by atoms with Crippen LogP contribution in [-0.2, 0) is 13.1 Å². The van der Waals surface area contributed by atoms with Gasteiger partial charge in [-0.3, -0.25) is 9.48 Å². The van der Waals surface area contributed by atoms with Crippen molar-refractivity contribution in [3.05, 3.63) is 40.9 Å². The Labute approximate surface area is 120 Å². The van der Waals surface area contributed by atoms with Gasteiger partial charge in [-0.2, -0.15) is 5.10 Å². The molecule has 0 saturated carbocycles. The molecule has 0 aliphatic heterocycles. The van der Waals surface area contributed by atoms with E-state index in [2.05, 4.69) is 26.3 Å². The number of hydrogen-bond donors (Lipinski definition) is 1. The highest BCUT2D eigenvalue weighted by Crippen LogP contribution is 2.15. The summed E-state index contributed by atoms with van der Waals surface area (Å²) in [6, 6.07) is 3.72. The van der Waals surface area contributed by atoms with Crippen molar-refractivity contribution in [2.24, 2.45) is 0 Å². The minimum atomic E-state index is -0.0628. The number of aromatic nitrogens is 3. The Morgan fingerprint density at radius 3 is 3.00 bits per heavy atom. The van der Waals surface area contributed by atoms with E-state index in [9.17, 15) is 4.79 Å². The molecule has 2 aromatic heterocycles. The third kappa shape index (κ3) is 3.47. The molecule has 0 bridgehead atoms. The lowest BCUT2D eigenvalue weighted by atomic mass is 10.3. The van der Waals surface area contributed by atoms with E-state index in [1.165, 1.54) is 0 Å². The molecule has 1 N–H and O–H groups in total. The molecule has 2 aromatic rings. The SMILES string of the molecule is CCn1cc(Br)cc1C(=O)NC(C)Cn1cccn1. The molecular weight excluding hydrogens is 308 g/mol. The summed E-state index contributed by atoms with van der Waals surface area (Å²) in [5, 5.41) is 7.11. The molecular formula is C13H17BrN4O. The molecule has 0 radical (unpaired) electrons. The number of nitrogens with one attached hydrogen (secondary N) is 1. The summed E-state index contributed by atoms with van der Waals surface area (Å²) in [7, 11) is 0. The predicted octanol–water partition coefficient (Wildman–Crippen LogP) is 2.29. The number of carbonyl (C=O) groups excluding carboxylic acids is 1. The largest absolute Gasteiger partial charge is 0.346 e. The maximum absolute atomic E-state index is 12.2. The van der Waals surface area contributed by atoms with Gasteiger partial charge in [0.1, 0.15) is 5.69 Å². The quantitative estimate of drug-likeness (QED) is 0.917. The average molecular weight is 325 g/mol. The molecule has 1 unspecified atom stereocenters. The van der Waals surface area contributed by atoms with Gasteiger partial charge in [-0.25, -0.2) is 0 Å². The fourth-order valence-electron chi connectivity index (χ4n) is 1.96. The van der Waals surface area contributed by atoms with Crippen molar-refractivity contribution in [3.8, 4) is 0 Å². The second-order valence-electron chi connectivity index (χ2n) is 4.43. The molecule has 5 nitrogen and oxygen atoms in total. The van der Waals surface area contributed by atoms with Crippen LogP contribution in [0.15, 0.2) is 35.2 Å². The van der Waals surface area contributed by atoms with E-state index in [-0.39, 0.29) is 11.9 Å². The van der Waals surface area contributed by atoms with Gasteiger partial charge in [0.25, 0.3) is 5.91 Å². The summed E-state index contributed by atoms with van der Waals surface area (Å²) in [5.74, 6) is -0.0628. The molecule has 0 aromatic carbocycles. The monoisotopic (exact) mass is 324 g/mol. The number of carbonyl (C=O) groups is 1. The highest BCUT2D eigenvalue weighted by molar-refractivity contribution is 9.10. The van der Waals surface area contributed by atoms with E-state index < -0.39 is 0 Å². The van der Waals surface area contributed by atoms with Crippen molar-refractivity contribution >= 4 is 21.8 Å². The van der Waals surface area contributed by atoms with Gasteiger partial charge in [-0.05, 0) is 41.9 Å². The van der Waals surface area contributed by atoms with Gasteiger partial charge >= 0.3 is 0 Å². The van der Waals surface area contributed by atoms with Crippen molar-refractivity contribution in [1.82, 2.24) is 19.7 Å². The van der Waals surface area contributed by atoms with Crippen molar-refractivity contribution in [2.75, 3.05) is 0 Å². The summed E-state index contributed by atoms with van der Waals surface area (Å²) in [6.45, 7) is 5.40. The van der Waals surface area contributed by atoms with Crippen LogP contribution >= 0.6 is 15.9 Å². The number of rotatable bonds is 5. The lowest BCUT2D eigenvalue weighted by Gasteiger charge is -2.14. The maximum Gasteiger partial charge on any atom is 0.268 e. The number of hydrogen-bond acceptors (Lipinski definition) is 2. The Kier molecular flexibility index (Phi) is 4.42. The zero-order valence-electron chi connectivity index (χ0n) is 11.0. The van der Waals surface area contributed by atoms with Crippen LogP contribution < -0.4 is 5.32 Å². The third-order valence-corrected chi connectivity index (χ3v) is 3.27. The molecule has 0 spiro atoms. The van der Waals surface area contributed by atoms with Gasteiger partial charge < -0.3 is 9.88 Å². The van der Waals surface area contributed by atoms with Crippen LogP contribution in [0.1, 0.15) is 24.3 Å². The predicted molar refractivity (Wildman–Crippen MR) is 77.0 cm³/mol. The number of aryl methyl sites for hydroxylation is 1. The van der Waals surface area contributed by atoms with E-state index >= 15 is 0 Å². The lowest BCUT2D eigenvalue weighted by Crippen LogP contribution is -2.36. The van der Waals surface area contributed by atoms with Gasteiger partial charge in [-0.1, -0.05) is 0 Å². The van der Waals surface area contributed by atoms with E-state index in [0.717, 1.165) is 11.0 Å². The van der Waals surface area contributed by atoms with Crippen LogP contribution in [0.2, 0.25) is 0 Å². The molecule has 19 heavy (non-hydrogen) atoms. The Balaban J connectivity index is 2.00. The first-order valence-corrected chi connectivity index (χ1v) is 7.03. The number of halogens is 1. The van der Waals surface area contributed by atoms with Crippen LogP contribution in [0, 0.1) is 0 Å². The summed E-state index contributed by atoms with van der Waals surface area (Å²) in [4.78, 5) is 12.2. The van der Waals surface area contributed by atoms with Crippen LogP contribution in [0.4, 0.5) is 0 Å². The van der Waals surface area contributed by atoms with E-state index in [1.807, 2.05) is 42.9 Å². The molecule has 2 rings (SSSR count). The van der Waals surface area contributed by atoms with E-state index in [1.54, 1.807) is 10.9 Å². The molecule has 102 valence electrons. The van der Waals surface area contributed by atoms with Crippen molar-refractivity contribution in [1.29, 1.82) is 0 Å². The van der Waals surface area contributed by atoms with Crippen LogP contribution in [0.5, 0.6) is 0 Å². The average Bonchev–Trinajstić information content (AvgIpc) is 2.97. The normalized spacial score (nSPS) is 12.4. The molecule has 0 saturated heterocycles. The fraction of sp³-hybridized carbons (Fsp3) is 0.385. The van der Waals surface area contributed by atoms with Gasteiger partial charge in [0.2, 0.25) is 0 Å². The molecule has 1 amide bonds. The topological polar surface area (TPSA) is 51.9 Å². The molecule has 0 aliphatic rings. The van der Waals surface area contributed by atoms with Crippen molar-refractivity contribution < 1.29 is 4.79 Å². The first-order chi connectivity index (χ1) is 9.10. The standard InChI is InChI=1S/C13H17BrN4O/c1-3-17-9-11(14)7-12(17)13(19)16-10(2)8-18-6-4-5-15-18/h4-7,9-10H,3,8H2,1-2H3,(H,16,19). The van der Waals surface area contributed by atoms with Crippen molar-refractivity contribution in [2.45, 2.75) is 33.0 Å². The first-order valence-electron chi connectivity index (χ1n) is 6.24. The second-order valence-corrected chi connectivity index (χ2v) is 5.35. The zero-order valence-corrected chi connectivity index (χ0v) is 12.6. The van der Waals surface area contributed by atoms with E-state index in [4.69, 9.17) is 0 Å². The molecule has 0 aliphatic carbocycles. The number of amides is 1. The third-order valence-electron chi connectivity index (χ3n) is 2.83. The fourth-order valence-corrected chi connectivity index (χ4v) is 2.42. The molecule has 1 atom stereocenters. The highest BCUT2D eigenvalue weighted by atomic mass is 79.9. The summed E-state index contributed by atoms with van der Waals surface area (Å²) >= 11 is 3.39. The Morgan fingerprint density at radius 2 is 2.37 bits per heavy atom. The Morgan fingerprint density at radius 1 is 1.58 bits per heavy atom. The minimum Gasteiger partial charge on any atom is -0.346 e. The summed E-state index contributed by atoms with van der Waals surface area (Å²) in [6.07, 6.45) is 5.52. The van der Waals surface area contributed by atoms with Gasteiger partial charge in [0, 0.05) is 35.6 Å². The van der Waals surface area contributed by atoms with Crippen molar-refractivity contribution in [3.63, 3.8) is 0 Å². The highest BCUT2D eigenvalue weighted by Gasteiger charge is 2.14. The minimum absolute atomic E-state index is 0.0198. The smallest absolute Gasteiger partial charge is 0.268 e. The number of nitrogens with zero attached hydrogens (tertiary/aromatic N) is 3. The van der Waals surface area contributed by atoms with Gasteiger partial charge in [0.05, 0.1) is 6.54 Å². The lowest BCUT2D eigenvalue weighted by molar-refractivity contribution is 0.0926. The van der Waals surface area contributed by atoms with Gasteiger partial charge in [-0.15, -0.1) is 0 Å². The molecule has 2 heterocycles.